The third-order valence-electron chi connectivity index (χ3n) is 2.52. The molecule has 0 aromatic carbocycles. The Labute approximate surface area is 93.2 Å². The summed E-state index contributed by atoms with van der Waals surface area (Å²) in [6.45, 7) is 1.61. The largest absolute Gasteiger partial charge is 0.468 e. The minimum absolute atomic E-state index is 0.256. The molecule has 0 aromatic rings. The highest BCUT2D eigenvalue weighted by Gasteiger charge is 2.54. The highest BCUT2D eigenvalue weighted by Crippen LogP contribution is 2.29. The van der Waals surface area contributed by atoms with E-state index in [0.29, 0.717) is 0 Å². The van der Waals surface area contributed by atoms with Gasteiger partial charge >= 0.3 is 5.97 Å². The van der Waals surface area contributed by atoms with Gasteiger partial charge in [-0.15, -0.1) is 0 Å². The normalized spacial score (nSPS) is 13.1. The Hall–Kier alpha value is -1.27. The first-order chi connectivity index (χ1) is 7.35. The second-order valence-electron chi connectivity index (χ2n) is 3.44. The molecule has 0 aliphatic heterocycles. The van der Waals surface area contributed by atoms with Crippen molar-refractivity contribution in [2.45, 2.75) is 26.4 Å². The molecule has 0 aromatic heterocycles. The van der Waals surface area contributed by atoms with Crippen LogP contribution in [-0.4, -0.2) is 47.6 Å². The summed E-state index contributed by atoms with van der Waals surface area (Å²) in [5.41, 5.74) is -2.22. The number of methoxy groups -OCH3 is 1. The van der Waals surface area contributed by atoms with Gasteiger partial charge in [0, 0.05) is 6.61 Å². The third-order valence-corrected chi connectivity index (χ3v) is 2.52. The predicted molar refractivity (Wildman–Crippen MR) is 53.5 cm³/mol. The van der Waals surface area contributed by atoms with Crippen LogP contribution in [0.3, 0.4) is 0 Å². The fraction of sp³-hybridized carbons (Fsp3) is 0.700. The maximum absolute atomic E-state index is 11.5. The standard InChI is InChI=1S/C10H16O6/c1-6(12)10(7(2)13,9(15)16-3)8(14)4-5-11/h8,11,14H,4-5H2,1-3H3. The molecule has 6 heteroatoms. The number of Topliss-reactive ketones (excluding diaryl/α,β-unsaturated/α-hetero) is 2. The van der Waals surface area contributed by atoms with Crippen molar-refractivity contribution >= 4 is 17.5 Å². The van der Waals surface area contributed by atoms with E-state index in [9.17, 15) is 19.5 Å². The molecule has 16 heavy (non-hydrogen) atoms. The van der Waals surface area contributed by atoms with E-state index in [1.807, 2.05) is 0 Å². The summed E-state index contributed by atoms with van der Waals surface area (Å²) >= 11 is 0. The summed E-state index contributed by atoms with van der Waals surface area (Å²) in [5, 5.41) is 18.4. The quantitative estimate of drug-likeness (QED) is 0.453. The smallest absolute Gasteiger partial charge is 0.329 e. The van der Waals surface area contributed by atoms with Gasteiger partial charge in [-0.1, -0.05) is 0 Å². The van der Waals surface area contributed by atoms with E-state index in [2.05, 4.69) is 4.74 Å². The second kappa shape index (κ2) is 5.72. The number of aliphatic hydroxyl groups is 2. The van der Waals surface area contributed by atoms with Gasteiger partial charge in [0.2, 0.25) is 5.41 Å². The summed E-state index contributed by atoms with van der Waals surface area (Å²) < 4.78 is 4.38. The lowest BCUT2D eigenvalue weighted by Gasteiger charge is -2.30. The van der Waals surface area contributed by atoms with E-state index < -0.39 is 35.7 Å². The van der Waals surface area contributed by atoms with Gasteiger partial charge in [-0.2, -0.15) is 0 Å². The Bertz CT molecular complexity index is 282. The van der Waals surface area contributed by atoms with Crippen molar-refractivity contribution in [1.82, 2.24) is 0 Å². The number of hydrogen-bond donors (Lipinski definition) is 2. The van der Waals surface area contributed by atoms with E-state index in [1.165, 1.54) is 0 Å². The van der Waals surface area contributed by atoms with Crippen molar-refractivity contribution in [3.63, 3.8) is 0 Å². The van der Waals surface area contributed by atoms with Gasteiger partial charge in [-0.3, -0.25) is 14.4 Å². The van der Waals surface area contributed by atoms with Crippen molar-refractivity contribution in [2.24, 2.45) is 5.41 Å². The Morgan fingerprint density at radius 2 is 1.69 bits per heavy atom. The molecule has 1 atom stereocenters. The van der Waals surface area contributed by atoms with Crippen LogP contribution in [0.5, 0.6) is 0 Å². The molecule has 0 bridgehead atoms. The minimum atomic E-state index is -2.22. The number of rotatable bonds is 6. The van der Waals surface area contributed by atoms with Gasteiger partial charge in [0.05, 0.1) is 13.2 Å². The molecule has 1 unspecified atom stereocenters. The average Bonchev–Trinajstić information content (AvgIpc) is 2.17. The molecule has 0 saturated carbocycles. The molecular weight excluding hydrogens is 216 g/mol. The molecule has 0 amide bonds. The number of carbonyl (C=O) groups excluding carboxylic acids is 3. The number of aliphatic hydroxyl groups excluding tert-OH is 2. The van der Waals surface area contributed by atoms with Gasteiger partial charge < -0.3 is 14.9 Å². The molecule has 6 nitrogen and oxygen atoms in total. The van der Waals surface area contributed by atoms with Crippen LogP contribution in [0.15, 0.2) is 0 Å². The van der Waals surface area contributed by atoms with Crippen molar-refractivity contribution in [2.75, 3.05) is 13.7 Å². The second-order valence-corrected chi connectivity index (χ2v) is 3.44. The van der Waals surface area contributed by atoms with Gasteiger partial charge in [-0.05, 0) is 20.3 Å². The lowest BCUT2D eigenvalue weighted by molar-refractivity contribution is -0.169. The van der Waals surface area contributed by atoms with Crippen LogP contribution < -0.4 is 0 Å². The number of esters is 1. The zero-order valence-corrected chi connectivity index (χ0v) is 9.52. The fourth-order valence-electron chi connectivity index (χ4n) is 1.64. The van der Waals surface area contributed by atoms with Gasteiger partial charge in [0.25, 0.3) is 0 Å². The van der Waals surface area contributed by atoms with Crippen LogP contribution in [0.25, 0.3) is 0 Å². The van der Waals surface area contributed by atoms with Crippen molar-refractivity contribution < 1.29 is 29.3 Å². The zero-order chi connectivity index (χ0) is 12.9. The zero-order valence-electron chi connectivity index (χ0n) is 9.52. The molecule has 0 radical (unpaired) electrons. The molecule has 0 rings (SSSR count). The van der Waals surface area contributed by atoms with Crippen LogP contribution >= 0.6 is 0 Å². The Morgan fingerprint density at radius 1 is 1.25 bits per heavy atom. The number of ether oxygens (including phenoxy) is 1. The molecule has 0 heterocycles. The van der Waals surface area contributed by atoms with Gasteiger partial charge in [0.1, 0.15) is 0 Å². The fourth-order valence-corrected chi connectivity index (χ4v) is 1.64. The van der Waals surface area contributed by atoms with Crippen molar-refractivity contribution in [1.29, 1.82) is 0 Å². The van der Waals surface area contributed by atoms with Gasteiger partial charge in [0.15, 0.2) is 11.6 Å². The number of carbonyl (C=O) groups is 3. The van der Waals surface area contributed by atoms with E-state index in [0.717, 1.165) is 21.0 Å². The molecule has 0 aliphatic rings. The Morgan fingerprint density at radius 3 is 1.94 bits per heavy atom. The van der Waals surface area contributed by atoms with Crippen LogP contribution in [0.4, 0.5) is 0 Å². The van der Waals surface area contributed by atoms with E-state index in [-0.39, 0.29) is 6.42 Å². The first-order valence-corrected chi connectivity index (χ1v) is 4.75. The molecule has 2 N–H and O–H groups in total. The summed E-state index contributed by atoms with van der Waals surface area (Å²) in [6, 6.07) is 0. The predicted octanol–water partition coefficient (Wildman–Crippen LogP) is -0.933. The maximum atomic E-state index is 11.5. The van der Waals surface area contributed by atoms with Crippen LogP contribution in [0.1, 0.15) is 20.3 Å². The molecule has 0 spiro atoms. The summed E-state index contributed by atoms with van der Waals surface area (Å²) in [7, 11) is 1.02. The minimum Gasteiger partial charge on any atom is -0.468 e. The van der Waals surface area contributed by atoms with Gasteiger partial charge in [-0.25, -0.2) is 0 Å². The van der Waals surface area contributed by atoms with Crippen molar-refractivity contribution in [3.8, 4) is 0 Å². The first-order valence-electron chi connectivity index (χ1n) is 4.75. The van der Waals surface area contributed by atoms with E-state index in [4.69, 9.17) is 5.11 Å². The molecule has 0 aliphatic carbocycles. The maximum Gasteiger partial charge on any atom is 0.329 e. The molecule has 0 fully saturated rings. The average molecular weight is 232 g/mol. The van der Waals surface area contributed by atoms with Crippen LogP contribution in [0.2, 0.25) is 0 Å². The summed E-state index contributed by atoms with van der Waals surface area (Å²) in [4.78, 5) is 34.4. The topological polar surface area (TPSA) is 101 Å². The SMILES string of the molecule is COC(=O)C(C(C)=O)(C(C)=O)C(O)CCO. The Balaban J connectivity index is 5.52. The van der Waals surface area contributed by atoms with Crippen LogP contribution in [-0.2, 0) is 19.1 Å². The summed E-state index contributed by atoms with van der Waals surface area (Å²) in [5.74, 6) is -2.70. The highest BCUT2D eigenvalue weighted by molar-refractivity contribution is 6.21. The van der Waals surface area contributed by atoms with Crippen LogP contribution in [0, 0.1) is 5.41 Å². The molecule has 0 saturated heterocycles. The first kappa shape index (κ1) is 14.7. The number of ketones is 2. The molecular formula is C10H16O6. The summed E-state index contributed by atoms with van der Waals surface area (Å²) in [6.07, 6.45) is -1.84. The lowest BCUT2D eigenvalue weighted by atomic mass is 9.74. The molecule has 92 valence electrons. The van der Waals surface area contributed by atoms with Crippen molar-refractivity contribution in [3.05, 3.63) is 0 Å². The lowest BCUT2D eigenvalue weighted by Crippen LogP contribution is -2.54. The monoisotopic (exact) mass is 232 g/mol. The van der Waals surface area contributed by atoms with E-state index >= 15 is 0 Å². The number of hydrogen-bond acceptors (Lipinski definition) is 6. The third kappa shape index (κ3) is 2.28. The Kier molecular flexibility index (Phi) is 5.26. The van der Waals surface area contributed by atoms with E-state index in [1.54, 1.807) is 0 Å². The highest BCUT2D eigenvalue weighted by atomic mass is 16.5.